The number of carbonyl (C=O) groups excluding carboxylic acids is 1. The van der Waals surface area contributed by atoms with Crippen LogP contribution < -0.4 is 16.4 Å². The Hall–Kier alpha value is -3.15. The zero-order chi connectivity index (χ0) is 20.3. The number of rotatable bonds is 6. The van der Waals surface area contributed by atoms with Gasteiger partial charge < -0.3 is 15.0 Å². The number of pyridine rings is 1. The number of anilines is 2. The molecule has 1 amide bonds. The maximum absolute atomic E-state index is 14.4. The number of amides is 1. The van der Waals surface area contributed by atoms with Gasteiger partial charge in [0.1, 0.15) is 5.82 Å². The molecule has 1 aliphatic heterocycles. The molecule has 1 aliphatic rings. The van der Waals surface area contributed by atoms with Crippen molar-refractivity contribution < 1.29 is 19.1 Å². The summed E-state index contributed by atoms with van der Waals surface area (Å²) in [5.74, 6) is 1.17. The number of hydroxylamine groups is 1. The van der Waals surface area contributed by atoms with Crippen molar-refractivity contribution in [2.75, 3.05) is 18.5 Å². The van der Waals surface area contributed by atoms with Crippen molar-refractivity contribution in [3.8, 4) is 12.3 Å². The highest BCUT2D eigenvalue weighted by molar-refractivity contribution is 6.01. The second kappa shape index (κ2) is 8.25. The van der Waals surface area contributed by atoms with E-state index in [-0.39, 0.29) is 35.7 Å². The van der Waals surface area contributed by atoms with Crippen molar-refractivity contribution in [2.45, 2.75) is 26.3 Å². The normalized spacial score (nSPS) is 12.4. The van der Waals surface area contributed by atoms with Crippen LogP contribution in [0.5, 0.6) is 0 Å². The molecule has 3 rings (SSSR count). The summed E-state index contributed by atoms with van der Waals surface area (Å²) in [5.41, 5.74) is 3.78. The first kappa shape index (κ1) is 19.6. The molecule has 3 N–H and O–H groups in total. The first-order valence-corrected chi connectivity index (χ1v) is 8.80. The van der Waals surface area contributed by atoms with Gasteiger partial charge in [-0.2, -0.15) is 0 Å². The zero-order valence-corrected chi connectivity index (χ0v) is 15.3. The average Bonchev–Trinajstić information content (AvgIpc) is 3.17. The van der Waals surface area contributed by atoms with Crippen molar-refractivity contribution >= 4 is 17.3 Å². The smallest absolute Gasteiger partial charge is 0.278 e. The molecule has 0 atom stereocenters. The second-order valence-electron chi connectivity index (χ2n) is 6.35. The van der Waals surface area contributed by atoms with Crippen LogP contribution in [0.2, 0.25) is 0 Å². The molecule has 0 aliphatic carbocycles. The largest absolute Gasteiger partial charge is 0.394 e. The third-order valence-corrected chi connectivity index (χ3v) is 4.58. The summed E-state index contributed by atoms with van der Waals surface area (Å²) in [7, 11) is 0. The molecule has 1 aromatic heterocycles. The number of terminal acetylenes is 1. The SMILES string of the molecule is C#Cc1ccc(Nc2c(C(=O)NOCCO)c3n(c(=O)c2C)CCC3)c(F)c1. The number of halogens is 1. The van der Waals surface area contributed by atoms with Gasteiger partial charge in [0.2, 0.25) is 0 Å². The van der Waals surface area contributed by atoms with E-state index in [4.69, 9.17) is 16.4 Å². The molecule has 2 aromatic rings. The van der Waals surface area contributed by atoms with Crippen LogP contribution in [0.15, 0.2) is 23.0 Å². The fourth-order valence-corrected chi connectivity index (χ4v) is 3.25. The first-order valence-electron chi connectivity index (χ1n) is 8.80. The summed E-state index contributed by atoms with van der Waals surface area (Å²) in [6.07, 6.45) is 6.54. The molecule has 0 saturated heterocycles. The Kier molecular flexibility index (Phi) is 5.78. The summed E-state index contributed by atoms with van der Waals surface area (Å²) < 4.78 is 16.0. The maximum Gasteiger partial charge on any atom is 0.278 e. The summed E-state index contributed by atoms with van der Waals surface area (Å²) in [4.78, 5) is 30.4. The quantitative estimate of drug-likeness (QED) is 0.399. The molecule has 0 unspecified atom stereocenters. The molecule has 0 radical (unpaired) electrons. The zero-order valence-electron chi connectivity index (χ0n) is 15.3. The molecular formula is C20H20FN3O4. The van der Waals surface area contributed by atoms with Crippen LogP contribution in [0, 0.1) is 25.1 Å². The fraction of sp³-hybridized carbons (Fsp3) is 0.300. The monoisotopic (exact) mass is 385 g/mol. The molecule has 0 bridgehead atoms. The van der Waals surface area contributed by atoms with Gasteiger partial charge in [-0.25, -0.2) is 9.87 Å². The van der Waals surface area contributed by atoms with Gasteiger partial charge in [-0.1, -0.05) is 5.92 Å². The third-order valence-electron chi connectivity index (χ3n) is 4.58. The number of aliphatic hydroxyl groups excluding tert-OH is 1. The lowest BCUT2D eigenvalue weighted by molar-refractivity contribution is 0.0168. The van der Waals surface area contributed by atoms with Crippen molar-refractivity contribution in [1.29, 1.82) is 0 Å². The van der Waals surface area contributed by atoms with E-state index >= 15 is 0 Å². The van der Waals surface area contributed by atoms with E-state index in [9.17, 15) is 14.0 Å². The van der Waals surface area contributed by atoms with E-state index in [0.29, 0.717) is 29.8 Å². The number of nitrogens with zero attached hydrogens (tertiary/aromatic N) is 1. The van der Waals surface area contributed by atoms with Gasteiger partial charge in [0.05, 0.1) is 30.2 Å². The average molecular weight is 385 g/mol. The van der Waals surface area contributed by atoms with Gasteiger partial charge in [-0.05, 0) is 38.0 Å². The highest BCUT2D eigenvalue weighted by Gasteiger charge is 2.27. The number of fused-ring (bicyclic) bond motifs is 1. The Morgan fingerprint density at radius 3 is 2.93 bits per heavy atom. The summed E-state index contributed by atoms with van der Waals surface area (Å²) in [5, 5.41) is 11.7. The van der Waals surface area contributed by atoms with Crippen molar-refractivity contribution in [2.24, 2.45) is 0 Å². The Morgan fingerprint density at radius 2 is 2.25 bits per heavy atom. The van der Waals surface area contributed by atoms with Crippen molar-refractivity contribution in [3.05, 3.63) is 56.8 Å². The highest BCUT2D eigenvalue weighted by Crippen LogP contribution is 2.30. The molecule has 7 nitrogen and oxygen atoms in total. The number of carbonyl (C=O) groups is 1. The van der Waals surface area contributed by atoms with Gasteiger partial charge in [0.25, 0.3) is 11.5 Å². The fourth-order valence-electron chi connectivity index (χ4n) is 3.25. The minimum absolute atomic E-state index is 0.0787. The van der Waals surface area contributed by atoms with Crippen LogP contribution in [0.3, 0.4) is 0 Å². The Balaban J connectivity index is 2.09. The molecule has 8 heteroatoms. The van der Waals surface area contributed by atoms with Crippen molar-refractivity contribution in [1.82, 2.24) is 10.0 Å². The topological polar surface area (TPSA) is 92.6 Å². The molecule has 0 spiro atoms. The Labute approximate surface area is 161 Å². The van der Waals surface area contributed by atoms with Crippen LogP contribution in [0.25, 0.3) is 0 Å². The molecule has 28 heavy (non-hydrogen) atoms. The highest BCUT2D eigenvalue weighted by atomic mass is 19.1. The molecule has 0 saturated carbocycles. The predicted octanol–water partition coefficient (Wildman–Crippen LogP) is 1.62. The third kappa shape index (κ3) is 3.63. The molecule has 146 valence electrons. The van der Waals surface area contributed by atoms with E-state index in [1.807, 2.05) is 0 Å². The van der Waals surface area contributed by atoms with Crippen LogP contribution in [0.4, 0.5) is 15.8 Å². The summed E-state index contributed by atoms with van der Waals surface area (Å²) in [6.45, 7) is 1.75. The van der Waals surface area contributed by atoms with E-state index in [1.165, 1.54) is 12.1 Å². The number of aromatic nitrogens is 1. The van der Waals surface area contributed by atoms with Crippen molar-refractivity contribution in [3.63, 3.8) is 0 Å². The van der Waals surface area contributed by atoms with Gasteiger partial charge in [-0.3, -0.25) is 14.4 Å². The molecule has 1 aromatic carbocycles. The van der Waals surface area contributed by atoms with Gasteiger partial charge >= 0.3 is 0 Å². The van der Waals surface area contributed by atoms with Gasteiger partial charge in [0, 0.05) is 23.4 Å². The van der Waals surface area contributed by atoms with Gasteiger partial charge in [-0.15, -0.1) is 6.42 Å². The number of aliphatic hydroxyl groups is 1. The van der Waals surface area contributed by atoms with Crippen LogP contribution in [-0.4, -0.2) is 28.8 Å². The standard InChI is InChI=1S/C20H20FN3O4/c1-3-13-6-7-15(14(21)11-13)22-18-12(2)20(27)24-8-4-5-16(24)17(18)19(26)23-28-10-9-25/h1,6-7,11,22,25H,4-5,8-10H2,2H3,(H,23,26). The maximum atomic E-state index is 14.4. The lowest BCUT2D eigenvalue weighted by atomic mass is 10.0. The van der Waals surface area contributed by atoms with Gasteiger partial charge in [0.15, 0.2) is 0 Å². The van der Waals surface area contributed by atoms with Crippen LogP contribution in [-0.2, 0) is 17.8 Å². The Bertz CT molecular complexity index is 1020. The molecule has 2 heterocycles. The molecule has 0 fully saturated rings. The number of benzene rings is 1. The second-order valence-corrected chi connectivity index (χ2v) is 6.35. The van der Waals surface area contributed by atoms with E-state index in [1.54, 1.807) is 17.6 Å². The summed E-state index contributed by atoms with van der Waals surface area (Å²) in [6, 6.07) is 4.21. The Morgan fingerprint density at radius 1 is 1.46 bits per heavy atom. The lowest BCUT2D eigenvalue weighted by Gasteiger charge is -2.19. The number of hydrogen-bond donors (Lipinski definition) is 3. The summed E-state index contributed by atoms with van der Waals surface area (Å²) >= 11 is 0. The number of hydrogen-bond acceptors (Lipinski definition) is 5. The lowest BCUT2D eigenvalue weighted by Crippen LogP contribution is -2.32. The van der Waals surface area contributed by atoms with Crippen LogP contribution in [0.1, 0.15) is 33.6 Å². The minimum Gasteiger partial charge on any atom is -0.394 e. The van der Waals surface area contributed by atoms with E-state index in [0.717, 1.165) is 6.42 Å². The molecular weight excluding hydrogens is 365 g/mol. The van der Waals surface area contributed by atoms with E-state index in [2.05, 4.69) is 16.7 Å². The number of nitrogens with one attached hydrogen (secondary N) is 2. The van der Waals surface area contributed by atoms with E-state index < -0.39 is 11.7 Å². The van der Waals surface area contributed by atoms with Crippen LogP contribution >= 0.6 is 0 Å². The minimum atomic E-state index is -0.599. The predicted molar refractivity (Wildman–Crippen MR) is 102 cm³/mol. The first-order chi connectivity index (χ1) is 13.5.